The Balaban J connectivity index is 2.22. The van der Waals surface area contributed by atoms with E-state index in [2.05, 4.69) is 15.5 Å². The standard InChI is InChI=1S/C13H13Cl2N3O2/c1-7(6-19)16-13(20)12-5-11(17-18-12)9-3-2-8(14)4-10(9)15/h2-5,7,19H,6H2,1H3,(H,16,20)(H,17,18). The molecule has 0 saturated carbocycles. The molecule has 2 rings (SSSR count). The highest BCUT2D eigenvalue weighted by molar-refractivity contribution is 6.36. The molecule has 3 N–H and O–H groups in total. The van der Waals surface area contributed by atoms with Crippen molar-refractivity contribution in [3.63, 3.8) is 0 Å². The molecule has 5 nitrogen and oxygen atoms in total. The Labute approximate surface area is 125 Å². The van der Waals surface area contributed by atoms with E-state index >= 15 is 0 Å². The fourth-order valence-electron chi connectivity index (χ4n) is 1.62. The topological polar surface area (TPSA) is 78.0 Å². The SMILES string of the molecule is CC(CO)NC(=O)c1cc(-c2ccc(Cl)cc2Cl)n[nH]1. The van der Waals surface area contributed by atoms with E-state index in [1.165, 1.54) is 0 Å². The predicted molar refractivity (Wildman–Crippen MR) is 78.1 cm³/mol. The van der Waals surface area contributed by atoms with Crippen molar-refractivity contribution in [3.05, 3.63) is 40.0 Å². The van der Waals surface area contributed by atoms with Crippen LogP contribution in [0.3, 0.4) is 0 Å². The highest BCUT2D eigenvalue weighted by atomic mass is 35.5. The van der Waals surface area contributed by atoms with Crippen molar-refractivity contribution in [2.45, 2.75) is 13.0 Å². The minimum atomic E-state index is -0.338. The van der Waals surface area contributed by atoms with Crippen molar-refractivity contribution in [3.8, 4) is 11.3 Å². The fourth-order valence-corrected chi connectivity index (χ4v) is 2.13. The number of nitrogens with zero attached hydrogens (tertiary/aromatic N) is 1. The number of halogens is 2. The molecule has 20 heavy (non-hydrogen) atoms. The van der Waals surface area contributed by atoms with Gasteiger partial charge in [0.1, 0.15) is 5.69 Å². The van der Waals surface area contributed by atoms with Crippen LogP contribution in [0.4, 0.5) is 0 Å². The van der Waals surface area contributed by atoms with Gasteiger partial charge in [0.25, 0.3) is 5.91 Å². The Morgan fingerprint density at radius 2 is 2.20 bits per heavy atom. The molecule has 0 aliphatic carbocycles. The maximum atomic E-state index is 11.9. The Kier molecular flexibility index (Phi) is 4.65. The molecule has 106 valence electrons. The number of benzene rings is 1. The Morgan fingerprint density at radius 1 is 1.45 bits per heavy atom. The molecule has 0 saturated heterocycles. The first-order chi connectivity index (χ1) is 9.51. The first-order valence-electron chi connectivity index (χ1n) is 5.94. The van der Waals surface area contributed by atoms with Gasteiger partial charge in [-0.1, -0.05) is 23.2 Å². The second-order valence-corrected chi connectivity index (χ2v) is 5.19. The maximum Gasteiger partial charge on any atom is 0.269 e. The monoisotopic (exact) mass is 313 g/mol. The van der Waals surface area contributed by atoms with Gasteiger partial charge in [-0.3, -0.25) is 9.89 Å². The lowest BCUT2D eigenvalue weighted by Gasteiger charge is -2.08. The van der Waals surface area contributed by atoms with Crippen molar-refractivity contribution >= 4 is 29.1 Å². The Bertz CT molecular complexity index is 628. The molecule has 0 radical (unpaired) electrons. The van der Waals surface area contributed by atoms with E-state index in [1.807, 2.05) is 0 Å². The van der Waals surface area contributed by atoms with Crippen molar-refractivity contribution in [2.24, 2.45) is 0 Å². The zero-order valence-corrected chi connectivity index (χ0v) is 12.2. The summed E-state index contributed by atoms with van der Waals surface area (Å²) in [6, 6.07) is 6.31. The lowest BCUT2D eigenvalue weighted by atomic mass is 10.1. The molecule has 7 heteroatoms. The highest BCUT2D eigenvalue weighted by Gasteiger charge is 2.14. The average Bonchev–Trinajstić information content (AvgIpc) is 2.88. The molecule has 1 aromatic carbocycles. The third kappa shape index (κ3) is 3.30. The molecule has 0 aliphatic rings. The van der Waals surface area contributed by atoms with Crippen LogP contribution in [0, 0.1) is 0 Å². The number of rotatable bonds is 4. The number of nitrogens with one attached hydrogen (secondary N) is 2. The predicted octanol–water partition coefficient (Wildman–Crippen LogP) is 2.49. The summed E-state index contributed by atoms with van der Waals surface area (Å²) >= 11 is 11.9. The van der Waals surface area contributed by atoms with E-state index < -0.39 is 0 Å². The minimum Gasteiger partial charge on any atom is -0.394 e. The Hall–Kier alpha value is -1.56. The third-order valence-electron chi connectivity index (χ3n) is 2.68. The molecule has 1 heterocycles. The Morgan fingerprint density at radius 3 is 2.85 bits per heavy atom. The average molecular weight is 314 g/mol. The normalized spacial score (nSPS) is 12.2. The van der Waals surface area contributed by atoms with Crippen LogP contribution >= 0.6 is 23.2 Å². The number of hydrogen-bond acceptors (Lipinski definition) is 3. The van der Waals surface area contributed by atoms with Gasteiger partial charge in [0.15, 0.2) is 0 Å². The maximum absolute atomic E-state index is 11.9. The summed E-state index contributed by atoms with van der Waals surface area (Å²) in [6.45, 7) is 1.57. The van der Waals surface area contributed by atoms with E-state index in [0.717, 1.165) is 0 Å². The number of carbonyl (C=O) groups is 1. The summed E-state index contributed by atoms with van der Waals surface area (Å²) in [7, 11) is 0. The van der Waals surface area contributed by atoms with Crippen LogP contribution in [0.1, 0.15) is 17.4 Å². The van der Waals surface area contributed by atoms with Crippen LogP contribution < -0.4 is 5.32 Å². The largest absolute Gasteiger partial charge is 0.394 e. The summed E-state index contributed by atoms with van der Waals surface area (Å²) in [5, 5.41) is 19.2. The van der Waals surface area contributed by atoms with Crippen LogP contribution in [0.5, 0.6) is 0 Å². The second-order valence-electron chi connectivity index (χ2n) is 4.35. The van der Waals surface area contributed by atoms with Crippen molar-refractivity contribution in [1.82, 2.24) is 15.5 Å². The molecule has 0 spiro atoms. The molecule has 0 bridgehead atoms. The number of hydrogen-bond donors (Lipinski definition) is 3. The summed E-state index contributed by atoms with van der Waals surface area (Å²) in [5.41, 5.74) is 1.53. The smallest absolute Gasteiger partial charge is 0.269 e. The van der Waals surface area contributed by atoms with Crippen LogP contribution in [0.15, 0.2) is 24.3 Å². The molecule has 2 aromatic rings. The van der Waals surface area contributed by atoms with Gasteiger partial charge in [0.05, 0.1) is 17.3 Å². The van der Waals surface area contributed by atoms with Gasteiger partial charge in [0.2, 0.25) is 0 Å². The zero-order valence-electron chi connectivity index (χ0n) is 10.7. The molecule has 1 atom stereocenters. The fraction of sp³-hybridized carbons (Fsp3) is 0.231. The van der Waals surface area contributed by atoms with Crippen molar-refractivity contribution in [2.75, 3.05) is 6.61 Å². The quantitative estimate of drug-likeness (QED) is 0.811. The van der Waals surface area contributed by atoms with E-state index in [0.29, 0.717) is 27.0 Å². The number of aliphatic hydroxyl groups excluding tert-OH is 1. The minimum absolute atomic E-state index is 0.129. The second kappa shape index (κ2) is 6.26. The summed E-state index contributed by atoms with van der Waals surface area (Å²) in [5.74, 6) is -0.338. The number of aromatic amines is 1. The van der Waals surface area contributed by atoms with Crippen molar-refractivity contribution in [1.29, 1.82) is 0 Å². The van der Waals surface area contributed by atoms with E-state index in [4.69, 9.17) is 28.3 Å². The molecule has 0 aliphatic heterocycles. The van der Waals surface area contributed by atoms with Crippen LogP contribution in [0.2, 0.25) is 10.0 Å². The first-order valence-corrected chi connectivity index (χ1v) is 6.69. The van der Waals surface area contributed by atoms with E-state index in [1.54, 1.807) is 31.2 Å². The van der Waals surface area contributed by atoms with Gasteiger partial charge >= 0.3 is 0 Å². The lowest BCUT2D eigenvalue weighted by Crippen LogP contribution is -2.35. The third-order valence-corrected chi connectivity index (χ3v) is 3.23. The number of aromatic nitrogens is 2. The van der Waals surface area contributed by atoms with Gasteiger partial charge in [-0.25, -0.2) is 0 Å². The van der Waals surface area contributed by atoms with Gasteiger partial charge in [-0.2, -0.15) is 5.10 Å². The summed E-state index contributed by atoms with van der Waals surface area (Å²) in [4.78, 5) is 11.9. The van der Waals surface area contributed by atoms with Gasteiger partial charge < -0.3 is 10.4 Å². The van der Waals surface area contributed by atoms with Crippen molar-refractivity contribution < 1.29 is 9.90 Å². The molecule has 1 aromatic heterocycles. The number of H-pyrrole nitrogens is 1. The molecule has 1 unspecified atom stereocenters. The molecular formula is C13H13Cl2N3O2. The first kappa shape index (κ1) is 14.8. The van der Waals surface area contributed by atoms with Crippen LogP contribution in [0.25, 0.3) is 11.3 Å². The summed E-state index contributed by atoms with van der Waals surface area (Å²) in [6.07, 6.45) is 0. The van der Waals surface area contributed by atoms with Crippen LogP contribution in [-0.2, 0) is 0 Å². The van der Waals surface area contributed by atoms with Crippen LogP contribution in [-0.4, -0.2) is 33.9 Å². The number of amides is 1. The van der Waals surface area contributed by atoms with E-state index in [-0.39, 0.29) is 18.6 Å². The molecular weight excluding hydrogens is 301 g/mol. The molecule has 1 amide bonds. The number of carbonyl (C=O) groups excluding carboxylic acids is 1. The van der Waals surface area contributed by atoms with Gasteiger partial charge in [0, 0.05) is 16.6 Å². The lowest BCUT2D eigenvalue weighted by molar-refractivity contribution is 0.0917. The highest BCUT2D eigenvalue weighted by Crippen LogP contribution is 2.29. The van der Waals surface area contributed by atoms with Gasteiger partial charge in [-0.15, -0.1) is 0 Å². The number of aliphatic hydroxyl groups is 1. The van der Waals surface area contributed by atoms with Gasteiger partial charge in [-0.05, 0) is 31.2 Å². The zero-order chi connectivity index (χ0) is 14.7. The summed E-state index contributed by atoms with van der Waals surface area (Å²) < 4.78 is 0. The molecule has 0 fully saturated rings. The van der Waals surface area contributed by atoms with E-state index in [9.17, 15) is 4.79 Å².